The van der Waals surface area contributed by atoms with Gasteiger partial charge < -0.3 is 14.0 Å². The van der Waals surface area contributed by atoms with E-state index in [2.05, 4.69) is 26.9 Å². The molecule has 0 bridgehead atoms. The normalized spacial score (nSPS) is 22.0. The third-order valence-electron chi connectivity index (χ3n) is 3.95. The summed E-state index contributed by atoms with van der Waals surface area (Å²) in [5.74, 6) is 1.18. The molecule has 0 aliphatic carbocycles. The van der Waals surface area contributed by atoms with Crippen LogP contribution in [0.5, 0.6) is 0 Å². The number of aliphatic hydroxyl groups is 1. The van der Waals surface area contributed by atoms with Crippen LogP contribution in [0.4, 0.5) is 0 Å². The van der Waals surface area contributed by atoms with E-state index in [1.807, 2.05) is 13.0 Å². The second-order valence-electron chi connectivity index (χ2n) is 5.95. The molecule has 2 aromatic rings. The lowest BCUT2D eigenvalue weighted by Crippen LogP contribution is -2.53. The standard InChI is InChI=1S/C15H22N4O3/c1-11-7-18(4-5-19(11)8-12(2)20)9-14-16-15(17-22-14)13-3-6-21-10-13/h3,6,10-12,20H,4-5,7-9H2,1-2H3/t11-,12+/m0/s1. The molecule has 0 radical (unpaired) electrons. The van der Waals surface area contributed by atoms with Crippen molar-refractivity contribution >= 4 is 0 Å². The lowest BCUT2D eigenvalue weighted by molar-refractivity contribution is 0.0385. The van der Waals surface area contributed by atoms with Crippen LogP contribution in [0.2, 0.25) is 0 Å². The van der Waals surface area contributed by atoms with Gasteiger partial charge in [0, 0.05) is 32.2 Å². The fourth-order valence-corrected chi connectivity index (χ4v) is 2.84. The molecule has 2 aromatic heterocycles. The first kappa shape index (κ1) is 15.2. The van der Waals surface area contributed by atoms with Gasteiger partial charge in [0.25, 0.3) is 0 Å². The van der Waals surface area contributed by atoms with Crippen molar-refractivity contribution in [2.45, 2.75) is 32.5 Å². The van der Waals surface area contributed by atoms with Crippen LogP contribution in [0.3, 0.4) is 0 Å². The van der Waals surface area contributed by atoms with Crippen LogP contribution in [-0.4, -0.2) is 63.4 Å². The van der Waals surface area contributed by atoms with Gasteiger partial charge in [-0.15, -0.1) is 0 Å². The molecule has 7 nitrogen and oxygen atoms in total. The second-order valence-corrected chi connectivity index (χ2v) is 5.95. The highest BCUT2D eigenvalue weighted by Crippen LogP contribution is 2.17. The minimum Gasteiger partial charge on any atom is -0.472 e. The number of furan rings is 1. The Balaban J connectivity index is 1.56. The van der Waals surface area contributed by atoms with E-state index < -0.39 is 0 Å². The summed E-state index contributed by atoms with van der Waals surface area (Å²) in [6, 6.07) is 2.21. The van der Waals surface area contributed by atoms with E-state index in [1.54, 1.807) is 12.5 Å². The zero-order valence-electron chi connectivity index (χ0n) is 13.0. The van der Waals surface area contributed by atoms with Gasteiger partial charge in [-0.3, -0.25) is 9.80 Å². The Kier molecular flexibility index (Phi) is 4.56. The Morgan fingerprint density at radius 1 is 1.45 bits per heavy atom. The van der Waals surface area contributed by atoms with Crippen LogP contribution >= 0.6 is 0 Å². The van der Waals surface area contributed by atoms with Crippen molar-refractivity contribution in [3.63, 3.8) is 0 Å². The summed E-state index contributed by atoms with van der Waals surface area (Å²) in [4.78, 5) is 9.02. The summed E-state index contributed by atoms with van der Waals surface area (Å²) < 4.78 is 10.3. The zero-order chi connectivity index (χ0) is 15.5. The summed E-state index contributed by atoms with van der Waals surface area (Å²) in [5, 5.41) is 13.5. The molecular formula is C15H22N4O3. The third kappa shape index (κ3) is 3.55. The summed E-state index contributed by atoms with van der Waals surface area (Å²) in [6.07, 6.45) is 2.91. The van der Waals surface area contributed by atoms with Gasteiger partial charge in [-0.25, -0.2) is 0 Å². The Hall–Kier alpha value is -1.70. The lowest BCUT2D eigenvalue weighted by Gasteiger charge is -2.39. The quantitative estimate of drug-likeness (QED) is 0.889. The van der Waals surface area contributed by atoms with Gasteiger partial charge in [-0.1, -0.05) is 5.16 Å². The largest absolute Gasteiger partial charge is 0.472 e. The number of aromatic nitrogens is 2. The van der Waals surface area contributed by atoms with Gasteiger partial charge in [0.15, 0.2) is 0 Å². The van der Waals surface area contributed by atoms with E-state index in [4.69, 9.17) is 8.94 Å². The van der Waals surface area contributed by atoms with Crippen LogP contribution in [0.15, 0.2) is 27.5 Å². The number of nitrogens with zero attached hydrogens (tertiary/aromatic N) is 4. The highest BCUT2D eigenvalue weighted by atomic mass is 16.5. The first-order valence-corrected chi connectivity index (χ1v) is 7.61. The van der Waals surface area contributed by atoms with E-state index in [1.165, 1.54) is 0 Å². The number of rotatable bonds is 5. The highest BCUT2D eigenvalue weighted by Gasteiger charge is 2.25. The molecule has 0 amide bonds. The number of aliphatic hydroxyl groups excluding tert-OH is 1. The lowest BCUT2D eigenvalue weighted by atomic mass is 10.1. The molecule has 2 atom stereocenters. The molecule has 0 aromatic carbocycles. The molecule has 0 unspecified atom stereocenters. The van der Waals surface area contributed by atoms with Crippen LogP contribution in [-0.2, 0) is 6.54 Å². The molecule has 1 aliphatic heterocycles. The predicted octanol–water partition coefficient (Wildman–Crippen LogP) is 1.22. The summed E-state index contributed by atoms with van der Waals surface area (Å²) in [7, 11) is 0. The van der Waals surface area contributed by atoms with Gasteiger partial charge in [0.05, 0.1) is 24.5 Å². The summed E-state index contributed by atoms with van der Waals surface area (Å²) in [5.41, 5.74) is 0.824. The minimum atomic E-state index is -0.289. The van der Waals surface area contributed by atoms with Crippen molar-refractivity contribution in [1.29, 1.82) is 0 Å². The van der Waals surface area contributed by atoms with E-state index in [0.29, 0.717) is 24.3 Å². The monoisotopic (exact) mass is 306 g/mol. The maximum absolute atomic E-state index is 9.52. The highest BCUT2D eigenvalue weighted by molar-refractivity contribution is 5.51. The van der Waals surface area contributed by atoms with Crippen molar-refractivity contribution in [2.75, 3.05) is 26.2 Å². The fourth-order valence-electron chi connectivity index (χ4n) is 2.84. The van der Waals surface area contributed by atoms with Gasteiger partial charge in [-0.2, -0.15) is 4.98 Å². The van der Waals surface area contributed by atoms with Crippen molar-refractivity contribution in [3.8, 4) is 11.4 Å². The molecule has 7 heteroatoms. The second kappa shape index (κ2) is 6.60. The maximum atomic E-state index is 9.52. The van der Waals surface area contributed by atoms with Crippen LogP contribution in [0.1, 0.15) is 19.7 Å². The smallest absolute Gasteiger partial charge is 0.241 e. The van der Waals surface area contributed by atoms with Gasteiger partial charge in [0.1, 0.15) is 6.26 Å². The number of β-amino-alcohol motifs (C(OH)–C–C–N with tert-alkyl or cyclic N) is 1. The van der Waals surface area contributed by atoms with Crippen molar-refractivity contribution in [2.24, 2.45) is 0 Å². The fraction of sp³-hybridized carbons (Fsp3) is 0.600. The molecule has 120 valence electrons. The van der Waals surface area contributed by atoms with Gasteiger partial charge in [-0.05, 0) is 19.9 Å². The molecule has 22 heavy (non-hydrogen) atoms. The average Bonchev–Trinajstić information content (AvgIpc) is 3.12. The molecule has 1 N–H and O–H groups in total. The van der Waals surface area contributed by atoms with E-state index >= 15 is 0 Å². The first-order chi connectivity index (χ1) is 10.6. The zero-order valence-corrected chi connectivity index (χ0v) is 13.0. The minimum absolute atomic E-state index is 0.289. The predicted molar refractivity (Wildman–Crippen MR) is 80.0 cm³/mol. The van der Waals surface area contributed by atoms with Crippen LogP contribution < -0.4 is 0 Å². The Morgan fingerprint density at radius 2 is 2.32 bits per heavy atom. The van der Waals surface area contributed by atoms with E-state index in [-0.39, 0.29) is 6.10 Å². The average molecular weight is 306 g/mol. The Labute approximate surface area is 129 Å². The Bertz CT molecular complexity index is 581. The first-order valence-electron chi connectivity index (χ1n) is 7.61. The topological polar surface area (TPSA) is 78.8 Å². The van der Waals surface area contributed by atoms with Crippen molar-refractivity contribution in [1.82, 2.24) is 19.9 Å². The molecule has 1 saturated heterocycles. The number of hydrogen-bond acceptors (Lipinski definition) is 7. The molecule has 3 rings (SSSR count). The summed E-state index contributed by atoms with van der Waals surface area (Å²) >= 11 is 0. The van der Waals surface area contributed by atoms with Crippen LogP contribution in [0, 0.1) is 0 Å². The maximum Gasteiger partial charge on any atom is 0.241 e. The number of hydrogen-bond donors (Lipinski definition) is 1. The summed E-state index contributed by atoms with van der Waals surface area (Å²) in [6.45, 7) is 8.18. The van der Waals surface area contributed by atoms with Crippen LogP contribution in [0.25, 0.3) is 11.4 Å². The molecule has 0 saturated carbocycles. The number of piperazine rings is 1. The van der Waals surface area contributed by atoms with Crippen molar-refractivity contribution < 1.29 is 14.0 Å². The van der Waals surface area contributed by atoms with E-state index in [0.717, 1.165) is 31.7 Å². The van der Waals surface area contributed by atoms with Gasteiger partial charge >= 0.3 is 0 Å². The molecule has 3 heterocycles. The Morgan fingerprint density at radius 3 is 3.00 bits per heavy atom. The van der Waals surface area contributed by atoms with Crippen molar-refractivity contribution in [3.05, 3.63) is 24.5 Å². The van der Waals surface area contributed by atoms with E-state index in [9.17, 15) is 5.11 Å². The molecular weight excluding hydrogens is 284 g/mol. The third-order valence-corrected chi connectivity index (χ3v) is 3.95. The molecule has 0 spiro atoms. The molecule has 1 aliphatic rings. The van der Waals surface area contributed by atoms with Gasteiger partial charge in [0.2, 0.25) is 11.7 Å². The SMILES string of the molecule is C[C@@H](O)CN1CCN(Cc2nc(-c3ccoc3)no2)C[C@@H]1C. The molecule has 1 fully saturated rings.